The van der Waals surface area contributed by atoms with Crippen LogP contribution < -0.4 is 10.2 Å². The number of carbonyl (C=O) groups excluding carboxylic acids is 1. The Hall–Kier alpha value is -4.46. The largest absolute Gasteiger partial charge is 0.497 e. The van der Waals surface area contributed by atoms with Crippen molar-refractivity contribution >= 4 is 27.8 Å². The summed E-state index contributed by atoms with van der Waals surface area (Å²) in [7, 11) is 1.59. The minimum Gasteiger partial charge on any atom is -0.497 e. The quantitative estimate of drug-likeness (QED) is 0.291. The maximum absolute atomic E-state index is 12.8. The molecule has 5 rings (SSSR count). The summed E-state index contributed by atoms with van der Waals surface area (Å²) < 4.78 is 17.5. The molecule has 2 aromatic heterocycles. The molecule has 2 heterocycles. The second-order valence-electron chi connectivity index (χ2n) is 7.35. The van der Waals surface area contributed by atoms with Crippen molar-refractivity contribution < 1.29 is 18.8 Å². The number of esters is 1. The zero-order valence-electron chi connectivity index (χ0n) is 17.7. The summed E-state index contributed by atoms with van der Waals surface area (Å²) in [5, 5.41) is 5.03. The Kier molecular flexibility index (Phi) is 5.32. The molecule has 0 amide bonds. The van der Waals surface area contributed by atoms with Crippen LogP contribution in [0.2, 0.25) is 0 Å². The maximum Gasteiger partial charge on any atom is 0.326 e. The van der Waals surface area contributed by atoms with Crippen LogP contribution in [0, 0.1) is 0 Å². The summed E-state index contributed by atoms with van der Waals surface area (Å²) in [6.45, 7) is -0.223. The number of nitrogens with zero attached hydrogens (tertiary/aromatic N) is 3. The van der Waals surface area contributed by atoms with E-state index in [-0.39, 0.29) is 24.5 Å². The Morgan fingerprint density at radius 3 is 2.21 bits per heavy atom. The molecule has 5 aromatic rings. The normalized spacial score (nSPS) is 11.1. The van der Waals surface area contributed by atoms with Gasteiger partial charge in [-0.15, -0.1) is 0 Å². The van der Waals surface area contributed by atoms with E-state index in [4.69, 9.17) is 14.0 Å². The molecule has 33 heavy (non-hydrogen) atoms. The molecule has 0 unspecified atom stereocenters. The van der Waals surface area contributed by atoms with Crippen LogP contribution in [0.1, 0.15) is 5.89 Å². The van der Waals surface area contributed by atoms with Crippen molar-refractivity contribution in [3.05, 3.63) is 88.9 Å². The standard InChI is InChI=1S/C25H19N3O5/c1-31-17-12-10-16(11-13-17)25-26-22(33-27-25)15-32-23(29)14-28-20-8-4-2-6-18(20)24(30)19-7-3-5-9-21(19)28/h2-13H,14-15H2,1H3. The van der Waals surface area contributed by atoms with Crippen LogP contribution in [0.3, 0.4) is 0 Å². The Balaban J connectivity index is 1.35. The van der Waals surface area contributed by atoms with Gasteiger partial charge in [0.15, 0.2) is 12.0 Å². The molecule has 0 fully saturated rings. The lowest BCUT2D eigenvalue weighted by atomic mass is 10.1. The third kappa shape index (κ3) is 3.94. The van der Waals surface area contributed by atoms with Gasteiger partial charge in [0.25, 0.3) is 5.89 Å². The zero-order chi connectivity index (χ0) is 22.8. The summed E-state index contributed by atoms with van der Waals surface area (Å²) in [5.74, 6) is 0.807. The smallest absolute Gasteiger partial charge is 0.326 e. The number of benzene rings is 3. The minimum atomic E-state index is -0.488. The number of aromatic nitrogens is 3. The van der Waals surface area contributed by atoms with Gasteiger partial charge in [0.05, 0.1) is 18.1 Å². The Labute approximate surface area is 188 Å². The minimum absolute atomic E-state index is 0.0669. The molecule has 0 radical (unpaired) electrons. The van der Waals surface area contributed by atoms with Crippen molar-refractivity contribution in [2.45, 2.75) is 13.2 Å². The fourth-order valence-corrected chi connectivity index (χ4v) is 3.74. The van der Waals surface area contributed by atoms with Gasteiger partial charge in [0.1, 0.15) is 12.3 Å². The Morgan fingerprint density at radius 1 is 0.939 bits per heavy atom. The van der Waals surface area contributed by atoms with Gasteiger partial charge in [0.2, 0.25) is 5.82 Å². The van der Waals surface area contributed by atoms with E-state index in [0.29, 0.717) is 27.6 Å². The summed E-state index contributed by atoms with van der Waals surface area (Å²) in [6, 6.07) is 21.6. The van der Waals surface area contributed by atoms with Crippen molar-refractivity contribution in [2.24, 2.45) is 0 Å². The summed E-state index contributed by atoms with van der Waals surface area (Å²) in [4.78, 5) is 29.8. The molecule has 0 aliphatic rings. The van der Waals surface area contributed by atoms with E-state index in [1.165, 1.54) is 0 Å². The lowest BCUT2D eigenvalue weighted by molar-refractivity contribution is -0.146. The summed E-state index contributed by atoms with van der Waals surface area (Å²) >= 11 is 0. The van der Waals surface area contributed by atoms with Gasteiger partial charge in [-0.3, -0.25) is 9.59 Å². The fraction of sp³-hybridized carbons (Fsp3) is 0.120. The third-order valence-electron chi connectivity index (χ3n) is 5.34. The first kappa shape index (κ1) is 20.4. The van der Waals surface area contributed by atoms with Crippen LogP contribution in [0.25, 0.3) is 33.2 Å². The number of carbonyl (C=O) groups is 1. The molecule has 164 valence electrons. The molecular weight excluding hydrogens is 422 g/mol. The first-order valence-electron chi connectivity index (χ1n) is 10.3. The molecule has 8 nitrogen and oxygen atoms in total. The number of methoxy groups -OCH3 is 1. The van der Waals surface area contributed by atoms with E-state index in [1.54, 1.807) is 48.1 Å². The van der Waals surface area contributed by atoms with Crippen molar-refractivity contribution in [2.75, 3.05) is 7.11 Å². The number of pyridine rings is 1. The van der Waals surface area contributed by atoms with Crippen molar-refractivity contribution in [3.63, 3.8) is 0 Å². The van der Waals surface area contributed by atoms with E-state index in [2.05, 4.69) is 10.1 Å². The first-order valence-corrected chi connectivity index (χ1v) is 10.3. The van der Waals surface area contributed by atoms with Gasteiger partial charge in [-0.05, 0) is 48.5 Å². The highest BCUT2D eigenvalue weighted by Crippen LogP contribution is 2.21. The molecular formula is C25H19N3O5. The lowest BCUT2D eigenvalue weighted by Crippen LogP contribution is -2.18. The Morgan fingerprint density at radius 2 is 1.58 bits per heavy atom. The van der Waals surface area contributed by atoms with Crippen molar-refractivity contribution in [3.8, 4) is 17.1 Å². The lowest BCUT2D eigenvalue weighted by Gasteiger charge is -2.14. The van der Waals surface area contributed by atoms with Gasteiger partial charge in [-0.1, -0.05) is 29.4 Å². The topological polar surface area (TPSA) is 96.5 Å². The molecule has 0 saturated carbocycles. The molecule has 0 N–H and O–H groups in total. The monoisotopic (exact) mass is 441 g/mol. The fourth-order valence-electron chi connectivity index (χ4n) is 3.74. The van der Waals surface area contributed by atoms with Gasteiger partial charge < -0.3 is 18.6 Å². The highest BCUT2D eigenvalue weighted by Gasteiger charge is 2.15. The number of ether oxygens (including phenoxy) is 2. The van der Waals surface area contributed by atoms with Gasteiger partial charge in [-0.25, -0.2) is 0 Å². The third-order valence-corrected chi connectivity index (χ3v) is 5.34. The molecule has 8 heteroatoms. The average Bonchev–Trinajstić information content (AvgIpc) is 3.34. The van der Waals surface area contributed by atoms with E-state index in [0.717, 1.165) is 11.3 Å². The van der Waals surface area contributed by atoms with Crippen LogP contribution in [-0.2, 0) is 22.7 Å². The van der Waals surface area contributed by atoms with Crippen LogP contribution in [0.4, 0.5) is 0 Å². The van der Waals surface area contributed by atoms with Gasteiger partial charge in [-0.2, -0.15) is 4.98 Å². The number of para-hydroxylation sites is 2. The highest BCUT2D eigenvalue weighted by molar-refractivity contribution is 5.94. The highest BCUT2D eigenvalue weighted by atomic mass is 16.6. The number of hydrogen-bond acceptors (Lipinski definition) is 7. The second-order valence-corrected chi connectivity index (χ2v) is 7.35. The van der Waals surface area contributed by atoms with E-state index in [9.17, 15) is 9.59 Å². The van der Waals surface area contributed by atoms with Crippen LogP contribution >= 0.6 is 0 Å². The zero-order valence-corrected chi connectivity index (χ0v) is 17.7. The van der Waals surface area contributed by atoms with Crippen molar-refractivity contribution in [1.82, 2.24) is 14.7 Å². The molecule has 0 spiro atoms. The van der Waals surface area contributed by atoms with E-state index in [1.807, 2.05) is 36.4 Å². The molecule has 0 saturated heterocycles. The Bertz CT molecular complexity index is 1460. The molecule has 3 aromatic carbocycles. The van der Waals surface area contributed by atoms with Gasteiger partial charge >= 0.3 is 5.97 Å². The van der Waals surface area contributed by atoms with Crippen LogP contribution in [0.15, 0.2) is 82.1 Å². The first-order chi connectivity index (χ1) is 16.1. The van der Waals surface area contributed by atoms with Crippen molar-refractivity contribution in [1.29, 1.82) is 0 Å². The maximum atomic E-state index is 12.8. The number of rotatable bonds is 6. The van der Waals surface area contributed by atoms with Crippen LogP contribution in [0.5, 0.6) is 5.75 Å². The second kappa shape index (κ2) is 8.58. The number of fused-ring (bicyclic) bond motifs is 2. The summed E-state index contributed by atoms with van der Waals surface area (Å²) in [5.41, 5.74) is 2.02. The summed E-state index contributed by atoms with van der Waals surface area (Å²) in [6.07, 6.45) is 0. The predicted octanol–water partition coefficient (Wildman–Crippen LogP) is 3.96. The van der Waals surface area contributed by atoms with E-state index >= 15 is 0 Å². The average molecular weight is 441 g/mol. The molecule has 0 atom stereocenters. The van der Waals surface area contributed by atoms with Crippen LogP contribution in [-0.4, -0.2) is 27.8 Å². The molecule has 0 aliphatic carbocycles. The molecule has 0 aliphatic heterocycles. The molecule has 0 bridgehead atoms. The predicted molar refractivity (Wildman–Crippen MR) is 122 cm³/mol. The van der Waals surface area contributed by atoms with Gasteiger partial charge in [0, 0.05) is 16.3 Å². The SMILES string of the molecule is COc1ccc(-c2noc(COC(=O)Cn3c4ccccc4c(=O)c4ccccc43)n2)cc1. The van der Waals surface area contributed by atoms with E-state index < -0.39 is 5.97 Å². The number of hydrogen-bond donors (Lipinski definition) is 0.